The van der Waals surface area contributed by atoms with E-state index in [1.807, 2.05) is 22.8 Å². The van der Waals surface area contributed by atoms with Gasteiger partial charge in [0.2, 0.25) is 11.8 Å². The lowest BCUT2D eigenvalue weighted by atomic mass is 9.96. The fourth-order valence-electron chi connectivity index (χ4n) is 4.39. The van der Waals surface area contributed by atoms with Gasteiger partial charge in [-0.25, -0.2) is 4.98 Å². The minimum Gasteiger partial charge on any atom is -0.375 e. The second kappa shape index (κ2) is 10.5. The van der Waals surface area contributed by atoms with Crippen LogP contribution < -0.4 is 11.1 Å². The summed E-state index contributed by atoms with van der Waals surface area (Å²) >= 11 is 0. The molecule has 1 aromatic heterocycles. The Labute approximate surface area is 197 Å². The maximum Gasteiger partial charge on any atom is 0.254 e. The predicted molar refractivity (Wildman–Crippen MR) is 128 cm³/mol. The first-order valence-corrected chi connectivity index (χ1v) is 11.4. The van der Waals surface area contributed by atoms with E-state index in [0.717, 1.165) is 11.9 Å². The third-order valence-electron chi connectivity index (χ3n) is 6.10. The number of carbonyl (C=O) groups is 3. The highest BCUT2D eigenvalue weighted by Crippen LogP contribution is 2.28. The first-order chi connectivity index (χ1) is 16.5. The number of aromatic nitrogens is 2. The fourth-order valence-corrected chi connectivity index (χ4v) is 4.39. The number of hydrogen-bond acceptors (Lipinski definition) is 5. The van der Waals surface area contributed by atoms with E-state index < -0.39 is 5.91 Å². The molecule has 2 heterocycles. The van der Waals surface area contributed by atoms with E-state index in [0.29, 0.717) is 49.2 Å². The quantitative estimate of drug-likeness (QED) is 0.531. The van der Waals surface area contributed by atoms with E-state index >= 15 is 0 Å². The molecule has 3 N–H and O–H groups in total. The molecule has 9 nitrogen and oxygen atoms in total. The zero-order valence-electron chi connectivity index (χ0n) is 19.2. The van der Waals surface area contributed by atoms with Crippen LogP contribution in [0.15, 0.2) is 48.8 Å². The SMILES string of the molecule is COCC(=O)Nc1cc(C(=O)N2CCCC(C(N)=O)C2)cc2ncn(CCc3ccccc3)c12. The van der Waals surface area contributed by atoms with Crippen LogP contribution in [0.25, 0.3) is 11.0 Å². The zero-order valence-corrected chi connectivity index (χ0v) is 19.2. The molecule has 34 heavy (non-hydrogen) atoms. The third kappa shape index (κ3) is 5.26. The van der Waals surface area contributed by atoms with E-state index in [1.165, 1.54) is 12.7 Å². The molecule has 1 unspecified atom stereocenters. The molecule has 0 saturated carbocycles. The average molecular weight is 464 g/mol. The van der Waals surface area contributed by atoms with Crippen molar-refractivity contribution < 1.29 is 19.1 Å². The maximum atomic E-state index is 13.3. The molecule has 1 aliphatic rings. The summed E-state index contributed by atoms with van der Waals surface area (Å²) in [7, 11) is 1.45. The Hall–Kier alpha value is -3.72. The molecule has 178 valence electrons. The van der Waals surface area contributed by atoms with Crippen LogP contribution in [0, 0.1) is 5.92 Å². The van der Waals surface area contributed by atoms with Gasteiger partial charge in [-0.05, 0) is 37.0 Å². The van der Waals surface area contributed by atoms with Crippen LogP contribution in [-0.4, -0.2) is 59.0 Å². The number of methoxy groups -OCH3 is 1. The van der Waals surface area contributed by atoms with Crippen molar-refractivity contribution in [2.45, 2.75) is 25.8 Å². The largest absolute Gasteiger partial charge is 0.375 e. The van der Waals surface area contributed by atoms with E-state index in [9.17, 15) is 14.4 Å². The van der Waals surface area contributed by atoms with Crippen molar-refractivity contribution in [2.24, 2.45) is 11.7 Å². The summed E-state index contributed by atoms with van der Waals surface area (Å²) in [5.41, 5.74) is 8.91. The predicted octanol–water partition coefficient (Wildman–Crippen LogP) is 2.20. The monoisotopic (exact) mass is 463 g/mol. The molecule has 0 radical (unpaired) electrons. The number of imidazole rings is 1. The zero-order chi connectivity index (χ0) is 24.1. The summed E-state index contributed by atoms with van der Waals surface area (Å²) in [6.45, 7) is 1.40. The number of nitrogens with two attached hydrogens (primary N) is 1. The van der Waals surface area contributed by atoms with Gasteiger partial charge in [0, 0.05) is 32.3 Å². The van der Waals surface area contributed by atoms with Crippen molar-refractivity contribution in [1.29, 1.82) is 0 Å². The van der Waals surface area contributed by atoms with Gasteiger partial charge in [0.1, 0.15) is 6.61 Å². The van der Waals surface area contributed by atoms with Crippen molar-refractivity contribution in [2.75, 3.05) is 32.1 Å². The summed E-state index contributed by atoms with van der Waals surface area (Å²) in [4.78, 5) is 43.5. The van der Waals surface area contributed by atoms with E-state index in [-0.39, 0.29) is 24.3 Å². The van der Waals surface area contributed by atoms with Gasteiger partial charge in [0.25, 0.3) is 5.91 Å². The molecule has 1 saturated heterocycles. The Balaban J connectivity index is 1.65. The van der Waals surface area contributed by atoms with Gasteiger partial charge in [-0.3, -0.25) is 14.4 Å². The summed E-state index contributed by atoms with van der Waals surface area (Å²) in [5.74, 6) is -1.28. The van der Waals surface area contributed by atoms with Gasteiger partial charge >= 0.3 is 0 Å². The number of anilines is 1. The first-order valence-electron chi connectivity index (χ1n) is 11.4. The number of carbonyl (C=O) groups excluding carboxylic acids is 3. The fraction of sp³-hybridized carbons (Fsp3) is 0.360. The second-order valence-electron chi connectivity index (χ2n) is 8.54. The minimum atomic E-state index is -0.391. The van der Waals surface area contributed by atoms with Gasteiger partial charge in [-0.15, -0.1) is 0 Å². The van der Waals surface area contributed by atoms with Gasteiger partial charge in [0.05, 0.1) is 29.0 Å². The number of piperidine rings is 1. The van der Waals surface area contributed by atoms with Crippen LogP contribution in [0.4, 0.5) is 5.69 Å². The molecule has 1 atom stereocenters. The van der Waals surface area contributed by atoms with Gasteiger partial charge in [-0.2, -0.15) is 0 Å². The summed E-state index contributed by atoms with van der Waals surface area (Å²) in [6.07, 6.45) is 3.91. The number of rotatable bonds is 8. The molecule has 1 fully saturated rings. The number of aryl methyl sites for hydroxylation is 2. The number of benzene rings is 2. The van der Waals surface area contributed by atoms with Crippen molar-refractivity contribution in [3.63, 3.8) is 0 Å². The first kappa shape index (κ1) is 23.4. The molecule has 9 heteroatoms. The molecule has 0 aliphatic carbocycles. The highest BCUT2D eigenvalue weighted by Gasteiger charge is 2.28. The summed E-state index contributed by atoms with van der Waals surface area (Å²) in [6, 6.07) is 13.5. The van der Waals surface area contributed by atoms with Crippen LogP contribution >= 0.6 is 0 Å². The number of likely N-dealkylation sites (tertiary alicyclic amines) is 1. The topological polar surface area (TPSA) is 120 Å². The van der Waals surface area contributed by atoms with Crippen LogP contribution in [0.5, 0.6) is 0 Å². The Kier molecular flexibility index (Phi) is 7.22. The summed E-state index contributed by atoms with van der Waals surface area (Å²) in [5, 5.41) is 2.87. The number of nitrogens with one attached hydrogen (secondary N) is 1. The summed E-state index contributed by atoms with van der Waals surface area (Å²) < 4.78 is 6.93. The van der Waals surface area contributed by atoms with Crippen molar-refractivity contribution in [1.82, 2.24) is 14.5 Å². The van der Waals surface area contributed by atoms with Gasteiger partial charge < -0.3 is 25.3 Å². The highest BCUT2D eigenvalue weighted by atomic mass is 16.5. The van der Waals surface area contributed by atoms with Crippen LogP contribution in [0.2, 0.25) is 0 Å². The lowest BCUT2D eigenvalue weighted by molar-refractivity contribution is -0.123. The Morgan fingerprint density at radius 3 is 2.74 bits per heavy atom. The Morgan fingerprint density at radius 2 is 2.00 bits per heavy atom. The van der Waals surface area contributed by atoms with Crippen LogP contribution in [-0.2, 0) is 27.3 Å². The number of primary amides is 1. The second-order valence-corrected chi connectivity index (χ2v) is 8.54. The molecule has 0 spiro atoms. The molecule has 3 amide bonds. The molecule has 2 aromatic carbocycles. The normalized spacial score (nSPS) is 15.9. The standard InChI is InChI=1S/C25H29N5O4/c1-34-15-22(31)28-21-13-19(25(33)29-10-5-8-18(14-29)24(26)32)12-20-23(21)30(16-27-20)11-9-17-6-3-2-4-7-17/h2-4,6-7,12-13,16,18H,5,8-11,14-15H2,1H3,(H2,26,32)(H,28,31). The molecular formula is C25H29N5O4. The number of nitrogens with zero attached hydrogens (tertiary/aromatic N) is 3. The van der Waals surface area contributed by atoms with Gasteiger partial charge in [-0.1, -0.05) is 30.3 Å². The molecule has 4 rings (SSSR count). The van der Waals surface area contributed by atoms with Crippen LogP contribution in [0.3, 0.4) is 0 Å². The number of ether oxygens (including phenoxy) is 1. The maximum absolute atomic E-state index is 13.3. The lowest BCUT2D eigenvalue weighted by Gasteiger charge is -2.31. The number of amides is 3. The lowest BCUT2D eigenvalue weighted by Crippen LogP contribution is -2.44. The molecule has 1 aliphatic heterocycles. The number of fused-ring (bicyclic) bond motifs is 1. The van der Waals surface area contributed by atoms with Crippen molar-refractivity contribution in [3.8, 4) is 0 Å². The van der Waals surface area contributed by atoms with E-state index in [2.05, 4.69) is 22.4 Å². The van der Waals surface area contributed by atoms with Crippen molar-refractivity contribution >= 4 is 34.4 Å². The van der Waals surface area contributed by atoms with Crippen LogP contribution in [0.1, 0.15) is 28.8 Å². The molecule has 3 aromatic rings. The Bertz CT molecular complexity index is 1190. The van der Waals surface area contributed by atoms with Crippen molar-refractivity contribution in [3.05, 3.63) is 59.9 Å². The van der Waals surface area contributed by atoms with Gasteiger partial charge in [0.15, 0.2) is 0 Å². The third-order valence-corrected chi connectivity index (χ3v) is 6.10. The minimum absolute atomic E-state index is 0.107. The smallest absolute Gasteiger partial charge is 0.254 e. The number of hydrogen-bond donors (Lipinski definition) is 2. The Morgan fingerprint density at radius 1 is 1.21 bits per heavy atom. The molecular weight excluding hydrogens is 434 g/mol. The molecule has 0 bridgehead atoms. The van der Waals surface area contributed by atoms with E-state index in [4.69, 9.17) is 10.5 Å². The highest BCUT2D eigenvalue weighted by molar-refractivity contribution is 6.05. The average Bonchev–Trinajstić information content (AvgIpc) is 3.26. The van der Waals surface area contributed by atoms with E-state index in [1.54, 1.807) is 23.4 Å².